The molecule has 0 bridgehead atoms. The number of rotatable bonds is 2. The molecule has 0 aromatic carbocycles. The van der Waals surface area contributed by atoms with Crippen LogP contribution in [-0.4, -0.2) is 15.9 Å². The van der Waals surface area contributed by atoms with Crippen LogP contribution in [0.3, 0.4) is 0 Å². The maximum Gasteiger partial charge on any atom is 0.0913 e. The van der Waals surface area contributed by atoms with Crippen molar-refractivity contribution in [2.45, 2.75) is 37.9 Å². The fraction of sp³-hybridized carbons (Fsp3) is 0.583. The van der Waals surface area contributed by atoms with E-state index in [1.165, 1.54) is 5.56 Å². The van der Waals surface area contributed by atoms with E-state index in [0.29, 0.717) is 0 Å². The molecule has 0 spiro atoms. The van der Waals surface area contributed by atoms with Crippen molar-refractivity contribution in [3.8, 4) is 0 Å². The van der Waals surface area contributed by atoms with E-state index < -0.39 is 0 Å². The Labute approximate surface area is 99.2 Å². The number of aromatic nitrogens is 1. The molecule has 0 N–H and O–H groups in total. The molecule has 2 unspecified atom stereocenters. The minimum atomic E-state index is -0.147. The Morgan fingerprint density at radius 3 is 2.53 bits per heavy atom. The zero-order chi connectivity index (χ0) is 10.9. The van der Waals surface area contributed by atoms with Gasteiger partial charge in [0.05, 0.1) is 11.2 Å². The minimum absolute atomic E-state index is 0.0297. The van der Waals surface area contributed by atoms with Crippen molar-refractivity contribution in [2.24, 2.45) is 0 Å². The average Bonchev–Trinajstić information content (AvgIpc) is 2.59. The Balaban J connectivity index is 2.24. The van der Waals surface area contributed by atoms with Crippen LogP contribution in [0.2, 0.25) is 0 Å². The number of hydrogen-bond acceptors (Lipinski definition) is 2. The summed E-state index contributed by atoms with van der Waals surface area (Å²) in [5, 5.41) is 0.890. The molecule has 1 saturated heterocycles. The fourth-order valence-electron chi connectivity index (χ4n) is 2.15. The number of pyridine rings is 1. The molecule has 0 saturated carbocycles. The summed E-state index contributed by atoms with van der Waals surface area (Å²) in [6.07, 6.45) is 5.82. The predicted molar refractivity (Wildman–Crippen MR) is 64.1 cm³/mol. The van der Waals surface area contributed by atoms with E-state index in [4.69, 9.17) is 4.74 Å². The molecular weight excluding hydrogens is 254 g/mol. The molecule has 1 aliphatic rings. The average molecular weight is 270 g/mol. The van der Waals surface area contributed by atoms with Gasteiger partial charge in [0.1, 0.15) is 0 Å². The Morgan fingerprint density at radius 2 is 2.00 bits per heavy atom. The normalized spacial score (nSPS) is 35.7. The second-order valence-corrected chi connectivity index (χ2v) is 5.21. The molecule has 2 atom stereocenters. The van der Waals surface area contributed by atoms with E-state index in [0.717, 1.165) is 18.2 Å². The fourth-order valence-corrected chi connectivity index (χ4v) is 2.55. The molecule has 1 aromatic heterocycles. The lowest BCUT2D eigenvalue weighted by atomic mass is 9.93. The Hall–Kier alpha value is -0.410. The van der Waals surface area contributed by atoms with Crippen molar-refractivity contribution in [3.63, 3.8) is 0 Å². The van der Waals surface area contributed by atoms with Crippen molar-refractivity contribution in [1.82, 2.24) is 4.98 Å². The van der Waals surface area contributed by atoms with Crippen molar-refractivity contribution in [1.29, 1.82) is 0 Å². The smallest absolute Gasteiger partial charge is 0.0913 e. The number of hydrogen-bond donors (Lipinski definition) is 0. The van der Waals surface area contributed by atoms with Crippen LogP contribution in [0.5, 0.6) is 0 Å². The highest BCUT2D eigenvalue weighted by atomic mass is 79.9. The highest BCUT2D eigenvalue weighted by molar-refractivity contribution is 9.09. The van der Waals surface area contributed by atoms with Crippen molar-refractivity contribution in [3.05, 3.63) is 30.1 Å². The lowest BCUT2D eigenvalue weighted by Crippen LogP contribution is -2.30. The quantitative estimate of drug-likeness (QED) is 0.769. The molecule has 0 amide bonds. The largest absolute Gasteiger partial charge is 0.364 e. The van der Waals surface area contributed by atoms with Crippen molar-refractivity contribution < 1.29 is 4.74 Å². The Bertz CT molecular complexity index is 343. The second kappa shape index (κ2) is 3.87. The van der Waals surface area contributed by atoms with Gasteiger partial charge in [0, 0.05) is 17.7 Å². The first-order valence-corrected chi connectivity index (χ1v) is 6.37. The Morgan fingerprint density at radius 1 is 1.33 bits per heavy atom. The lowest BCUT2D eigenvalue weighted by molar-refractivity contribution is -0.0761. The van der Waals surface area contributed by atoms with Crippen molar-refractivity contribution >= 4 is 15.9 Å². The molecule has 1 fully saturated rings. The highest BCUT2D eigenvalue weighted by Crippen LogP contribution is 2.44. The number of ether oxygens (including phenoxy) is 1. The van der Waals surface area contributed by atoms with Gasteiger partial charge in [-0.15, -0.1) is 0 Å². The standard InChI is InChI=1S/C12H16BrNO/c1-11(9-13)5-6-12(2,15-11)10-3-7-14-8-4-10/h3-4,7-8H,5-6,9H2,1-2H3. The molecular formula is C12H16BrNO. The maximum atomic E-state index is 6.20. The van der Waals surface area contributed by atoms with E-state index in [1.807, 2.05) is 24.5 Å². The van der Waals surface area contributed by atoms with E-state index >= 15 is 0 Å². The topological polar surface area (TPSA) is 22.1 Å². The molecule has 0 aliphatic carbocycles. The first-order valence-electron chi connectivity index (χ1n) is 5.25. The molecule has 2 rings (SSSR count). The van der Waals surface area contributed by atoms with Gasteiger partial charge in [-0.05, 0) is 44.4 Å². The van der Waals surface area contributed by atoms with Crippen LogP contribution in [0.15, 0.2) is 24.5 Å². The second-order valence-electron chi connectivity index (χ2n) is 4.65. The highest BCUT2D eigenvalue weighted by Gasteiger charge is 2.43. The third-order valence-corrected chi connectivity index (χ3v) is 4.36. The molecule has 3 heteroatoms. The SMILES string of the molecule is CC1(CBr)CCC(C)(c2ccncc2)O1. The van der Waals surface area contributed by atoms with Gasteiger partial charge in [0.15, 0.2) is 0 Å². The third-order valence-electron chi connectivity index (χ3n) is 3.18. The van der Waals surface area contributed by atoms with E-state index in [9.17, 15) is 0 Å². The number of nitrogens with zero attached hydrogens (tertiary/aromatic N) is 1. The summed E-state index contributed by atoms with van der Waals surface area (Å²) < 4.78 is 6.20. The van der Waals surface area contributed by atoms with Crippen LogP contribution in [0.4, 0.5) is 0 Å². The molecule has 2 heterocycles. The van der Waals surface area contributed by atoms with E-state index in [2.05, 4.69) is 34.8 Å². The summed E-state index contributed by atoms with van der Waals surface area (Å²) in [5.74, 6) is 0. The van der Waals surface area contributed by atoms with Crippen LogP contribution >= 0.6 is 15.9 Å². The van der Waals surface area contributed by atoms with Gasteiger partial charge >= 0.3 is 0 Å². The van der Waals surface area contributed by atoms with Gasteiger partial charge in [-0.25, -0.2) is 0 Å². The monoisotopic (exact) mass is 269 g/mol. The lowest BCUT2D eigenvalue weighted by Gasteiger charge is -2.29. The first kappa shape index (κ1) is 11.1. The summed E-state index contributed by atoms with van der Waals surface area (Å²) in [6, 6.07) is 4.08. The molecule has 1 aliphatic heterocycles. The summed E-state index contributed by atoms with van der Waals surface area (Å²) in [5.41, 5.74) is 1.05. The zero-order valence-electron chi connectivity index (χ0n) is 9.16. The van der Waals surface area contributed by atoms with Gasteiger partial charge in [-0.1, -0.05) is 15.9 Å². The summed E-state index contributed by atoms with van der Waals surface area (Å²) in [7, 11) is 0. The van der Waals surface area contributed by atoms with Crippen LogP contribution in [-0.2, 0) is 10.3 Å². The summed E-state index contributed by atoms with van der Waals surface area (Å²) >= 11 is 3.52. The third kappa shape index (κ3) is 2.08. The zero-order valence-corrected chi connectivity index (χ0v) is 10.8. The van der Waals surface area contributed by atoms with Crippen LogP contribution in [0.1, 0.15) is 32.3 Å². The van der Waals surface area contributed by atoms with Gasteiger partial charge in [0.2, 0.25) is 0 Å². The maximum absolute atomic E-state index is 6.20. The van der Waals surface area contributed by atoms with Crippen LogP contribution in [0, 0.1) is 0 Å². The predicted octanol–water partition coefficient (Wildman–Crippen LogP) is 3.26. The van der Waals surface area contributed by atoms with E-state index in [1.54, 1.807) is 0 Å². The molecule has 2 nitrogen and oxygen atoms in total. The van der Waals surface area contributed by atoms with Crippen molar-refractivity contribution in [2.75, 3.05) is 5.33 Å². The van der Waals surface area contributed by atoms with Crippen LogP contribution < -0.4 is 0 Å². The van der Waals surface area contributed by atoms with Gasteiger partial charge in [-0.2, -0.15) is 0 Å². The molecule has 15 heavy (non-hydrogen) atoms. The number of halogens is 1. The van der Waals surface area contributed by atoms with E-state index in [-0.39, 0.29) is 11.2 Å². The molecule has 0 radical (unpaired) electrons. The summed E-state index contributed by atoms with van der Waals surface area (Å²) in [4.78, 5) is 4.04. The van der Waals surface area contributed by atoms with Gasteiger partial charge < -0.3 is 4.74 Å². The first-order chi connectivity index (χ1) is 7.08. The molecule has 1 aromatic rings. The number of alkyl halides is 1. The van der Waals surface area contributed by atoms with Gasteiger partial charge in [-0.3, -0.25) is 4.98 Å². The minimum Gasteiger partial charge on any atom is -0.364 e. The van der Waals surface area contributed by atoms with Gasteiger partial charge in [0.25, 0.3) is 0 Å². The van der Waals surface area contributed by atoms with Crippen LogP contribution in [0.25, 0.3) is 0 Å². The Kier molecular flexibility index (Phi) is 2.86. The molecule has 82 valence electrons. The summed E-state index contributed by atoms with van der Waals surface area (Å²) in [6.45, 7) is 4.32.